The third kappa shape index (κ3) is 5.34. The van der Waals surface area contributed by atoms with Crippen molar-refractivity contribution in [1.29, 1.82) is 0 Å². The van der Waals surface area contributed by atoms with E-state index >= 15 is 0 Å². The standard InChI is InChI=1S/C16H24FNO3/c1-4-13(18)10-11-9-12(17)7-8-15(11)21-14(5-2)16(19)20-6-3/h7-9,13-14H,4-6,10,18H2,1-3H3. The first kappa shape index (κ1) is 17.4. The van der Waals surface area contributed by atoms with Crippen molar-refractivity contribution in [3.8, 4) is 5.75 Å². The molecule has 0 radical (unpaired) electrons. The molecule has 118 valence electrons. The number of carbonyl (C=O) groups is 1. The number of esters is 1. The number of rotatable bonds is 8. The first-order chi connectivity index (χ1) is 10.0. The molecule has 0 aromatic heterocycles. The molecule has 0 bridgehead atoms. The Kier molecular flexibility index (Phi) is 7.15. The lowest BCUT2D eigenvalue weighted by atomic mass is 10.0. The first-order valence-corrected chi connectivity index (χ1v) is 7.39. The fraction of sp³-hybridized carbons (Fsp3) is 0.562. The summed E-state index contributed by atoms with van der Waals surface area (Å²) in [6.07, 6.45) is 1.08. The molecule has 0 spiro atoms. The topological polar surface area (TPSA) is 61.5 Å². The number of ether oxygens (including phenoxy) is 2. The maximum Gasteiger partial charge on any atom is 0.347 e. The molecule has 1 rings (SSSR count). The van der Waals surface area contributed by atoms with E-state index in [9.17, 15) is 9.18 Å². The number of hydrogen-bond donors (Lipinski definition) is 1. The Balaban J connectivity index is 2.92. The molecule has 0 aliphatic rings. The van der Waals surface area contributed by atoms with E-state index < -0.39 is 12.1 Å². The smallest absolute Gasteiger partial charge is 0.347 e. The lowest BCUT2D eigenvalue weighted by Crippen LogP contribution is -2.29. The Bertz CT molecular complexity index is 465. The van der Waals surface area contributed by atoms with E-state index in [1.165, 1.54) is 18.2 Å². The van der Waals surface area contributed by atoms with Gasteiger partial charge in [-0.2, -0.15) is 0 Å². The summed E-state index contributed by atoms with van der Waals surface area (Å²) in [4.78, 5) is 11.8. The average Bonchev–Trinajstić information content (AvgIpc) is 2.46. The zero-order valence-electron chi connectivity index (χ0n) is 12.9. The summed E-state index contributed by atoms with van der Waals surface area (Å²) in [5.74, 6) is -0.264. The van der Waals surface area contributed by atoms with E-state index in [4.69, 9.17) is 15.2 Å². The normalized spacial score (nSPS) is 13.6. The molecule has 4 nitrogen and oxygen atoms in total. The Labute approximate surface area is 125 Å². The zero-order valence-corrected chi connectivity index (χ0v) is 12.9. The van der Waals surface area contributed by atoms with Crippen LogP contribution in [0.1, 0.15) is 39.2 Å². The Morgan fingerprint density at radius 2 is 2.00 bits per heavy atom. The lowest BCUT2D eigenvalue weighted by Gasteiger charge is -2.19. The molecule has 0 aliphatic carbocycles. The monoisotopic (exact) mass is 297 g/mol. The van der Waals surface area contributed by atoms with Gasteiger partial charge in [-0.15, -0.1) is 0 Å². The number of hydrogen-bond acceptors (Lipinski definition) is 4. The number of nitrogens with two attached hydrogens (primary N) is 1. The second kappa shape index (κ2) is 8.62. The van der Waals surface area contributed by atoms with Gasteiger partial charge in [0.15, 0.2) is 6.10 Å². The minimum Gasteiger partial charge on any atom is -0.478 e. The van der Waals surface area contributed by atoms with Gasteiger partial charge in [-0.05, 0) is 49.9 Å². The van der Waals surface area contributed by atoms with Crippen molar-refractivity contribution in [2.75, 3.05) is 6.61 Å². The van der Waals surface area contributed by atoms with Crippen molar-refractivity contribution >= 4 is 5.97 Å². The van der Waals surface area contributed by atoms with E-state index in [0.717, 1.165) is 6.42 Å². The predicted molar refractivity (Wildman–Crippen MR) is 79.7 cm³/mol. The van der Waals surface area contributed by atoms with Crippen LogP contribution in [-0.4, -0.2) is 24.7 Å². The van der Waals surface area contributed by atoms with Crippen molar-refractivity contribution in [2.24, 2.45) is 5.73 Å². The lowest BCUT2D eigenvalue weighted by molar-refractivity contribution is -0.151. The fourth-order valence-electron chi connectivity index (χ4n) is 1.94. The summed E-state index contributed by atoms with van der Waals surface area (Å²) < 4.78 is 24.1. The van der Waals surface area contributed by atoms with E-state index in [0.29, 0.717) is 30.8 Å². The third-order valence-corrected chi connectivity index (χ3v) is 3.22. The van der Waals surface area contributed by atoms with Gasteiger partial charge in [-0.25, -0.2) is 9.18 Å². The summed E-state index contributed by atoms with van der Waals surface area (Å²) in [5, 5.41) is 0. The molecule has 0 saturated carbocycles. The minimum atomic E-state index is -0.688. The quantitative estimate of drug-likeness (QED) is 0.750. The SMILES string of the molecule is CCOC(=O)C(CC)Oc1ccc(F)cc1CC(N)CC. The van der Waals surface area contributed by atoms with Crippen molar-refractivity contribution in [3.05, 3.63) is 29.6 Å². The van der Waals surface area contributed by atoms with Gasteiger partial charge in [0, 0.05) is 6.04 Å². The molecule has 2 N–H and O–H groups in total. The molecule has 1 aromatic rings. The molecule has 0 fully saturated rings. The van der Waals surface area contributed by atoms with Gasteiger partial charge in [0.1, 0.15) is 11.6 Å². The van der Waals surface area contributed by atoms with Crippen molar-refractivity contribution < 1.29 is 18.7 Å². The number of carbonyl (C=O) groups excluding carboxylic acids is 1. The van der Waals surface area contributed by atoms with Gasteiger partial charge in [0.2, 0.25) is 0 Å². The van der Waals surface area contributed by atoms with Crippen LogP contribution in [0.5, 0.6) is 5.75 Å². The second-order valence-corrected chi connectivity index (χ2v) is 4.89. The molecule has 2 unspecified atom stereocenters. The van der Waals surface area contributed by atoms with Gasteiger partial charge in [-0.1, -0.05) is 13.8 Å². The van der Waals surface area contributed by atoms with Gasteiger partial charge in [-0.3, -0.25) is 0 Å². The Morgan fingerprint density at radius 3 is 2.57 bits per heavy atom. The van der Waals surface area contributed by atoms with E-state index in [2.05, 4.69) is 0 Å². The highest BCUT2D eigenvalue weighted by molar-refractivity contribution is 5.75. The molecular weight excluding hydrogens is 273 g/mol. The van der Waals surface area contributed by atoms with Crippen molar-refractivity contribution in [2.45, 2.75) is 52.2 Å². The van der Waals surface area contributed by atoms with Crippen LogP contribution >= 0.6 is 0 Å². The van der Waals surface area contributed by atoms with E-state index in [-0.39, 0.29) is 11.9 Å². The summed E-state index contributed by atoms with van der Waals surface area (Å²) in [6, 6.07) is 4.18. The molecule has 0 heterocycles. The highest BCUT2D eigenvalue weighted by Gasteiger charge is 2.21. The van der Waals surface area contributed by atoms with Crippen LogP contribution in [0.4, 0.5) is 4.39 Å². The first-order valence-electron chi connectivity index (χ1n) is 7.39. The summed E-state index contributed by atoms with van der Waals surface area (Å²) in [5.41, 5.74) is 6.60. The van der Waals surface area contributed by atoms with Crippen molar-refractivity contribution in [1.82, 2.24) is 0 Å². The zero-order chi connectivity index (χ0) is 15.8. The van der Waals surface area contributed by atoms with Crippen molar-refractivity contribution in [3.63, 3.8) is 0 Å². The van der Waals surface area contributed by atoms with Crippen LogP contribution < -0.4 is 10.5 Å². The summed E-state index contributed by atoms with van der Waals surface area (Å²) in [6.45, 7) is 5.85. The van der Waals surface area contributed by atoms with E-state index in [1.54, 1.807) is 6.92 Å². The summed E-state index contributed by atoms with van der Waals surface area (Å²) >= 11 is 0. The van der Waals surface area contributed by atoms with Crippen LogP contribution in [0, 0.1) is 5.82 Å². The maximum atomic E-state index is 13.4. The summed E-state index contributed by atoms with van der Waals surface area (Å²) in [7, 11) is 0. The van der Waals surface area contributed by atoms with Crippen LogP contribution in [0.3, 0.4) is 0 Å². The van der Waals surface area contributed by atoms with Gasteiger partial charge >= 0.3 is 5.97 Å². The highest BCUT2D eigenvalue weighted by Crippen LogP contribution is 2.23. The average molecular weight is 297 g/mol. The molecule has 0 aliphatic heterocycles. The number of benzene rings is 1. The highest BCUT2D eigenvalue weighted by atomic mass is 19.1. The molecular formula is C16H24FNO3. The van der Waals surface area contributed by atoms with Gasteiger partial charge in [0.25, 0.3) is 0 Å². The maximum absolute atomic E-state index is 13.4. The number of halogens is 1. The van der Waals surface area contributed by atoms with Crippen LogP contribution in [-0.2, 0) is 16.0 Å². The Hall–Kier alpha value is -1.62. The Morgan fingerprint density at radius 1 is 1.29 bits per heavy atom. The minimum absolute atomic E-state index is 0.0724. The molecule has 0 saturated heterocycles. The van der Waals surface area contributed by atoms with Crippen LogP contribution in [0.15, 0.2) is 18.2 Å². The van der Waals surface area contributed by atoms with E-state index in [1.807, 2.05) is 13.8 Å². The van der Waals surface area contributed by atoms with Crippen LogP contribution in [0.2, 0.25) is 0 Å². The predicted octanol–water partition coefficient (Wildman–Crippen LogP) is 2.83. The molecule has 21 heavy (non-hydrogen) atoms. The fourth-order valence-corrected chi connectivity index (χ4v) is 1.94. The molecule has 5 heteroatoms. The largest absolute Gasteiger partial charge is 0.478 e. The van der Waals surface area contributed by atoms with Gasteiger partial charge in [0.05, 0.1) is 6.61 Å². The second-order valence-electron chi connectivity index (χ2n) is 4.89. The molecule has 0 amide bonds. The third-order valence-electron chi connectivity index (χ3n) is 3.22. The molecule has 1 aromatic carbocycles. The van der Waals surface area contributed by atoms with Gasteiger partial charge < -0.3 is 15.2 Å². The van der Waals surface area contributed by atoms with Crippen LogP contribution in [0.25, 0.3) is 0 Å². The molecule has 2 atom stereocenters.